The topological polar surface area (TPSA) is 98.0 Å². The van der Waals surface area contributed by atoms with Crippen molar-refractivity contribution in [1.29, 1.82) is 0 Å². The number of carbonyl (C=O) groups excluding carboxylic acids is 1. The van der Waals surface area contributed by atoms with Crippen LogP contribution < -0.4 is 11.0 Å². The molecule has 1 heterocycles. The molecule has 142 valence electrons. The van der Waals surface area contributed by atoms with Crippen LogP contribution in [-0.2, 0) is 0 Å². The van der Waals surface area contributed by atoms with E-state index in [4.69, 9.17) is 11.6 Å². The van der Waals surface area contributed by atoms with Crippen LogP contribution in [0.25, 0.3) is 11.0 Å². The van der Waals surface area contributed by atoms with Gasteiger partial charge in [0.2, 0.25) is 0 Å². The zero-order valence-electron chi connectivity index (χ0n) is 15.2. The first-order valence-electron chi connectivity index (χ1n) is 8.87. The number of benzene rings is 2. The molecular weight excluding hydrogens is 366 g/mol. The fourth-order valence-electron chi connectivity index (χ4n) is 3.27. The summed E-state index contributed by atoms with van der Waals surface area (Å²) in [5.41, 5.74) is 2.47. The molecule has 0 fully saturated rings. The number of imidazole rings is 1. The summed E-state index contributed by atoms with van der Waals surface area (Å²) >= 11 is 6.17. The molecule has 6 nitrogen and oxygen atoms in total. The van der Waals surface area contributed by atoms with Crippen molar-refractivity contribution in [3.8, 4) is 0 Å². The van der Waals surface area contributed by atoms with Gasteiger partial charge in [0.15, 0.2) is 0 Å². The molecule has 0 spiro atoms. The largest absolute Gasteiger partial charge is 0.386 e. The summed E-state index contributed by atoms with van der Waals surface area (Å²) in [6.07, 6.45) is 0.489. The molecule has 0 aliphatic rings. The van der Waals surface area contributed by atoms with Crippen LogP contribution in [0.1, 0.15) is 47.4 Å². The number of aliphatic hydroxyl groups excluding tert-OH is 1. The molecule has 2 atom stereocenters. The highest BCUT2D eigenvalue weighted by Crippen LogP contribution is 2.28. The Labute approximate surface area is 161 Å². The molecule has 3 rings (SSSR count). The van der Waals surface area contributed by atoms with Gasteiger partial charge in [-0.15, -0.1) is 0 Å². The molecule has 0 aliphatic heterocycles. The van der Waals surface area contributed by atoms with Gasteiger partial charge >= 0.3 is 5.69 Å². The number of aromatic amines is 2. The smallest absolute Gasteiger partial charge is 0.323 e. The Hall–Kier alpha value is -2.57. The van der Waals surface area contributed by atoms with Gasteiger partial charge in [-0.3, -0.25) is 4.79 Å². The number of amides is 1. The summed E-state index contributed by atoms with van der Waals surface area (Å²) in [5.74, 6) is -0.354. The predicted octanol–water partition coefficient (Wildman–Crippen LogP) is 3.45. The molecule has 3 aromatic rings. The van der Waals surface area contributed by atoms with E-state index in [9.17, 15) is 14.7 Å². The van der Waals surface area contributed by atoms with Gasteiger partial charge in [-0.25, -0.2) is 4.79 Å². The van der Waals surface area contributed by atoms with Crippen LogP contribution in [0.5, 0.6) is 0 Å². The number of carbonyl (C=O) groups is 1. The second-order valence-corrected chi connectivity index (χ2v) is 6.98. The van der Waals surface area contributed by atoms with Crippen LogP contribution in [0.3, 0.4) is 0 Å². The Morgan fingerprint density at radius 1 is 1.22 bits per heavy atom. The summed E-state index contributed by atoms with van der Waals surface area (Å²) in [7, 11) is 0. The van der Waals surface area contributed by atoms with Crippen LogP contribution in [0.15, 0.2) is 41.2 Å². The number of fused-ring (bicyclic) bond motifs is 1. The fourth-order valence-corrected chi connectivity index (χ4v) is 3.46. The Morgan fingerprint density at radius 2 is 1.96 bits per heavy atom. The molecule has 2 aromatic carbocycles. The van der Waals surface area contributed by atoms with Gasteiger partial charge in [0, 0.05) is 5.02 Å². The van der Waals surface area contributed by atoms with Crippen LogP contribution >= 0.6 is 11.6 Å². The molecule has 0 bridgehead atoms. The van der Waals surface area contributed by atoms with E-state index in [0.717, 1.165) is 12.0 Å². The molecule has 27 heavy (non-hydrogen) atoms. The number of halogens is 1. The molecule has 1 aromatic heterocycles. The van der Waals surface area contributed by atoms with Crippen molar-refractivity contribution in [1.82, 2.24) is 15.3 Å². The van der Waals surface area contributed by atoms with Crippen molar-refractivity contribution < 1.29 is 9.90 Å². The Bertz CT molecular complexity index is 1020. The average molecular weight is 388 g/mol. The van der Waals surface area contributed by atoms with E-state index in [1.807, 2.05) is 19.9 Å². The van der Waals surface area contributed by atoms with Gasteiger partial charge < -0.3 is 20.4 Å². The fraction of sp³-hybridized carbons (Fsp3) is 0.300. The number of rotatable bonds is 6. The van der Waals surface area contributed by atoms with Crippen LogP contribution in [0.4, 0.5) is 0 Å². The second kappa shape index (κ2) is 7.98. The third kappa shape index (κ3) is 3.91. The van der Waals surface area contributed by atoms with Gasteiger partial charge in [-0.05, 0) is 42.7 Å². The van der Waals surface area contributed by atoms with Gasteiger partial charge in [0.25, 0.3) is 5.91 Å². The summed E-state index contributed by atoms with van der Waals surface area (Å²) in [6.45, 7) is 3.83. The number of nitrogens with one attached hydrogen (secondary N) is 3. The zero-order valence-corrected chi connectivity index (χ0v) is 15.9. The number of aromatic nitrogens is 2. The highest BCUT2D eigenvalue weighted by molar-refractivity contribution is 6.31. The molecule has 0 saturated carbocycles. The first kappa shape index (κ1) is 19.2. The lowest BCUT2D eigenvalue weighted by Gasteiger charge is -2.25. The van der Waals surface area contributed by atoms with Crippen molar-refractivity contribution >= 4 is 28.5 Å². The highest BCUT2D eigenvalue weighted by Gasteiger charge is 2.25. The molecule has 0 aliphatic carbocycles. The molecule has 0 radical (unpaired) electrons. The predicted molar refractivity (Wildman–Crippen MR) is 106 cm³/mol. The van der Waals surface area contributed by atoms with Crippen molar-refractivity contribution in [3.05, 3.63) is 68.6 Å². The van der Waals surface area contributed by atoms with Gasteiger partial charge in [0.05, 0.1) is 28.7 Å². The number of aliphatic hydroxyl groups is 1. The van der Waals surface area contributed by atoms with Gasteiger partial charge in [-0.2, -0.15) is 0 Å². The maximum Gasteiger partial charge on any atom is 0.323 e. The average Bonchev–Trinajstić information content (AvgIpc) is 3.03. The van der Waals surface area contributed by atoms with Crippen LogP contribution in [0, 0.1) is 6.92 Å². The van der Waals surface area contributed by atoms with Crippen molar-refractivity contribution in [3.63, 3.8) is 0 Å². The minimum absolute atomic E-state index is 0.349. The van der Waals surface area contributed by atoms with E-state index < -0.39 is 12.1 Å². The minimum Gasteiger partial charge on any atom is -0.386 e. The van der Waals surface area contributed by atoms with E-state index in [1.165, 1.54) is 0 Å². The lowest BCUT2D eigenvalue weighted by molar-refractivity contribution is 0.0820. The first-order valence-corrected chi connectivity index (χ1v) is 9.25. The molecule has 1 amide bonds. The Morgan fingerprint density at radius 3 is 2.70 bits per heavy atom. The highest BCUT2D eigenvalue weighted by atomic mass is 35.5. The van der Waals surface area contributed by atoms with Gasteiger partial charge in [0.1, 0.15) is 0 Å². The van der Waals surface area contributed by atoms with E-state index >= 15 is 0 Å². The molecule has 4 N–H and O–H groups in total. The van der Waals surface area contributed by atoms with Crippen LogP contribution in [-0.4, -0.2) is 27.0 Å². The third-order valence-electron chi connectivity index (χ3n) is 4.72. The van der Waals surface area contributed by atoms with E-state index in [0.29, 0.717) is 33.6 Å². The SMILES string of the molecule is CCC[C@@H](NC(=O)c1cccc2[nH]c(=O)[nH]c12)[C@@H](O)c1cccc(Cl)c1C. The quantitative estimate of drug-likeness (QED) is 0.521. The summed E-state index contributed by atoms with van der Waals surface area (Å²) < 4.78 is 0. The van der Waals surface area contributed by atoms with Crippen molar-refractivity contribution in [2.75, 3.05) is 0 Å². The number of hydrogen-bond acceptors (Lipinski definition) is 3. The Kier molecular flexibility index (Phi) is 5.68. The molecule has 0 unspecified atom stereocenters. The minimum atomic E-state index is -0.892. The summed E-state index contributed by atoms with van der Waals surface area (Å²) in [5, 5.41) is 14.4. The number of hydrogen-bond donors (Lipinski definition) is 4. The van der Waals surface area contributed by atoms with E-state index in [1.54, 1.807) is 30.3 Å². The van der Waals surface area contributed by atoms with Crippen molar-refractivity contribution in [2.45, 2.75) is 38.8 Å². The van der Waals surface area contributed by atoms with Crippen molar-refractivity contribution in [2.24, 2.45) is 0 Å². The second-order valence-electron chi connectivity index (χ2n) is 6.57. The maximum absolute atomic E-state index is 12.9. The van der Waals surface area contributed by atoms with E-state index in [2.05, 4.69) is 15.3 Å². The van der Waals surface area contributed by atoms with Gasteiger partial charge in [-0.1, -0.05) is 43.1 Å². The first-order chi connectivity index (χ1) is 12.9. The van der Waals surface area contributed by atoms with E-state index in [-0.39, 0.29) is 11.6 Å². The maximum atomic E-state index is 12.9. The lowest BCUT2D eigenvalue weighted by Crippen LogP contribution is -2.39. The molecule has 7 heteroatoms. The number of para-hydroxylation sites is 1. The number of H-pyrrole nitrogens is 2. The normalized spacial score (nSPS) is 13.5. The monoisotopic (exact) mass is 387 g/mol. The molecular formula is C20H22ClN3O3. The third-order valence-corrected chi connectivity index (χ3v) is 5.13. The summed E-state index contributed by atoms with van der Waals surface area (Å²) in [6, 6.07) is 9.94. The lowest BCUT2D eigenvalue weighted by atomic mass is 9.95. The van der Waals surface area contributed by atoms with Crippen LogP contribution in [0.2, 0.25) is 5.02 Å². The summed E-state index contributed by atoms with van der Waals surface area (Å²) in [4.78, 5) is 29.7. The Balaban J connectivity index is 1.90. The molecule has 0 saturated heterocycles. The zero-order chi connectivity index (χ0) is 19.6. The standard InChI is InChI=1S/C20H22ClN3O3/c1-3-6-16(18(25)12-7-4-9-14(21)11(12)2)22-19(26)13-8-5-10-15-17(13)24-20(27)23-15/h4-5,7-10,16,18,25H,3,6H2,1-2H3,(H,22,26)(H2,23,24,27)/t16-,18+/m1/s1.